The molecule has 0 atom stereocenters. The van der Waals surface area contributed by atoms with Crippen molar-refractivity contribution in [3.8, 4) is 11.3 Å². The summed E-state index contributed by atoms with van der Waals surface area (Å²) in [6, 6.07) is 10.3. The number of hydrogen-bond donors (Lipinski definition) is 1. The van der Waals surface area contributed by atoms with Crippen LogP contribution in [0.3, 0.4) is 0 Å². The van der Waals surface area contributed by atoms with Crippen molar-refractivity contribution in [2.45, 2.75) is 13.5 Å². The molecule has 4 heteroatoms. The Labute approximate surface area is 117 Å². The molecule has 86 valence electrons. The minimum absolute atomic E-state index is 0. The van der Waals surface area contributed by atoms with Crippen LogP contribution in [0, 0.1) is 6.92 Å². The first-order valence-corrected chi connectivity index (χ1v) is 5.85. The largest absolute Gasteiger partial charge is 1.00 e. The van der Waals surface area contributed by atoms with Gasteiger partial charge in [-0.25, -0.2) is 0 Å². The number of nitrogens with zero attached hydrogens (tertiary/aromatic N) is 1. The van der Waals surface area contributed by atoms with Crippen LogP contribution in [-0.2, 0) is 6.54 Å². The summed E-state index contributed by atoms with van der Waals surface area (Å²) < 4.78 is 2.15. The Morgan fingerprint density at radius 2 is 1.94 bits per heavy atom. The second-order valence-corrected chi connectivity index (χ2v) is 4.44. The highest BCUT2D eigenvalue weighted by atomic mass is 127. The van der Waals surface area contributed by atoms with Gasteiger partial charge in [0.05, 0.1) is 5.38 Å². The van der Waals surface area contributed by atoms with Crippen LogP contribution >= 0.6 is 11.3 Å². The van der Waals surface area contributed by atoms with E-state index in [1.54, 1.807) is 11.3 Å². The molecule has 0 spiro atoms. The van der Waals surface area contributed by atoms with E-state index in [0.29, 0.717) is 6.54 Å². The first-order valence-electron chi connectivity index (χ1n) is 4.97. The molecule has 0 aliphatic rings. The third kappa shape index (κ3) is 2.81. The molecule has 0 saturated heterocycles. The average Bonchev–Trinajstić information content (AvgIpc) is 2.63. The highest BCUT2D eigenvalue weighted by Crippen LogP contribution is 2.19. The number of aliphatic hydroxyl groups excluding tert-OH is 1. The summed E-state index contributed by atoms with van der Waals surface area (Å²) in [4.78, 5) is 0. The van der Waals surface area contributed by atoms with Crippen molar-refractivity contribution >= 4 is 11.3 Å². The van der Waals surface area contributed by atoms with Crippen LogP contribution in [-0.4, -0.2) is 11.7 Å². The van der Waals surface area contributed by atoms with E-state index in [9.17, 15) is 0 Å². The van der Waals surface area contributed by atoms with Gasteiger partial charge in [0.15, 0.2) is 6.54 Å². The van der Waals surface area contributed by atoms with Gasteiger partial charge in [0.25, 0.3) is 0 Å². The van der Waals surface area contributed by atoms with Gasteiger partial charge in [-0.05, 0) is 12.1 Å². The van der Waals surface area contributed by atoms with Gasteiger partial charge in [-0.2, -0.15) is 4.57 Å². The molecule has 16 heavy (non-hydrogen) atoms. The number of aryl methyl sites for hydroxylation is 1. The lowest BCUT2D eigenvalue weighted by Gasteiger charge is -1.98. The van der Waals surface area contributed by atoms with Crippen molar-refractivity contribution in [1.82, 2.24) is 0 Å². The van der Waals surface area contributed by atoms with Crippen molar-refractivity contribution in [3.63, 3.8) is 0 Å². The zero-order valence-electron chi connectivity index (χ0n) is 9.06. The molecule has 0 bridgehead atoms. The van der Waals surface area contributed by atoms with Crippen molar-refractivity contribution in [2.24, 2.45) is 0 Å². The molecule has 0 aliphatic carbocycles. The highest BCUT2D eigenvalue weighted by molar-refractivity contribution is 7.09. The molecule has 1 aromatic heterocycles. The quantitative estimate of drug-likeness (QED) is 0.560. The van der Waals surface area contributed by atoms with Gasteiger partial charge in [0.2, 0.25) is 10.7 Å². The summed E-state index contributed by atoms with van der Waals surface area (Å²) in [5.41, 5.74) is 2.39. The van der Waals surface area contributed by atoms with E-state index in [4.69, 9.17) is 5.11 Å². The molecule has 1 aromatic carbocycles. The van der Waals surface area contributed by atoms with E-state index in [2.05, 4.69) is 29.0 Å². The maximum atomic E-state index is 9.02. The van der Waals surface area contributed by atoms with Crippen LogP contribution < -0.4 is 28.5 Å². The van der Waals surface area contributed by atoms with E-state index in [1.807, 2.05) is 18.2 Å². The lowest BCUT2D eigenvalue weighted by atomic mass is 10.2. The first kappa shape index (κ1) is 13.6. The second kappa shape index (κ2) is 6.32. The molecule has 0 saturated carbocycles. The average molecular weight is 347 g/mol. The van der Waals surface area contributed by atoms with Crippen molar-refractivity contribution < 1.29 is 33.7 Å². The Kier molecular flexibility index (Phi) is 5.37. The van der Waals surface area contributed by atoms with Crippen LogP contribution in [0.25, 0.3) is 11.3 Å². The van der Waals surface area contributed by atoms with E-state index < -0.39 is 0 Å². The van der Waals surface area contributed by atoms with Crippen LogP contribution in [0.4, 0.5) is 0 Å². The standard InChI is InChI=1S/C12H14NOS.HI/c1-10-13(7-8-14)12(9-15-10)11-5-3-2-4-6-11;/h2-6,9,14H,7-8H2,1H3;1H/q+1;/p-1. The molecule has 0 amide bonds. The molecule has 2 rings (SSSR count). The zero-order valence-corrected chi connectivity index (χ0v) is 12.0. The van der Waals surface area contributed by atoms with Gasteiger partial charge in [-0.3, -0.25) is 0 Å². The van der Waals surface area contributed by atoms with E-state index >= 15 is 0 Å². The van der Waals surface area contributed by atoms with E-state index in [-0.39, 0.29) is 30.6 Å². The lowest BCUT2D eigenvalue weighted by molar-refractivity contribution is -0.688. The Morgan fingerprint density at radius 1 is 1.25 bits per heavy atom. The summed E-state index contributed by atoms with van der Waals surface area (Å²) in [6.07, 6.45) is 0. The number of aromatic nitrogens is 1. The fourth-order valence-corrected chi connectivity index (χ4v) is 2.51. The SMILES string of the molecule is Cc1scc(-c2ccccc2)[n+]1CCO.[I-]. The number of hydrogen-bond acceptors (Lipinski definition) is 2. The predicted molar refractivity (Wildman–Crippen MR) is 61.8 cm³/mol. The number of benzene rings is 1. The molecule has 1 N–H and O–H groups in total. The molecule has 0 radical (unpaired) electrons. The molecular weight excluding hydrogens is 333 g/mol. The molecule has 0 aliphatic heterocycles. The minimum atomic E-state index is 0. The Morgan fingerprint density at radius 3 is 2.56 bits per heavy atom. The van der Waals surface area contributed by atoms with Gasteiger partial charge in [-0.15, -0.1) is 0 Å². The lowest BCUT2D eigenvalue weighted by Crippen LogP contribution is -3.00. The van der Waals surface area contributed by atoms with Crippen molar-refractivity contribution in [2.75, 3.05) is 6.61 Å². The van der Waals surface area contributed by atoms with Crippen LogP contribution in [0.15, 0.2) is 35.7 Å². The summed E-state index contributed by atoms with van der Waals surface area (Å²) in [6.45, 7) is 2.93. The molecule has 0 unspecified atom stereocenters. The smallest absolute Gasteiger partial charge is 0.234 e. The van der Waals surface area contributed by atoms with Crippen LogP contribution in [0.2, 0.25) is 0 Å². The monoisotopic (exact) mass is 347 g/mol. The second-order valence-electron chi connectivity index (χ2n) is 3.38. The molecule has 2 aromatic rings. The summed E-state index contributed by atoms with van der Waals surface area (Å²) in [5, 5.41) is 12.4. The maximum absolute atomic E-state index is 9.02. The highest BCUT2D eigenvalue weighted by Gasteiger charge is 2.17. The fourth-order valence-electron chi connectivity index (χ4n) is 1.65. The van der Waals surface area contributed by atoms with Gasteiger partial charge in [-0.1, -0.05) is 29.5 Å². The van der Waals surface area contributed by atoms with Gasteiger partial charge in [0.1, 0.15) is 6.61 Å². The number of halogens is 1. The first-order chi connectivity index (χ1) is 7.33. The van der Waals surface area contributed by atoms with E-state index in [1.165, 1.54) is 16.3 Å². The number of aliphatic hydroxyl groups is 1. The topological polar surface area (TPSA) is 24.1 Å². The molecule has 0 fully saturated rings. The van der Waals surface area contributed by atoms with E-state index in [0.717, 1.165) is 0 Å². The molecule has 1 heterocycles. The summed E-state index contributed by atoms with van der Waals surface area (Å²) in [7, 11) is 0. The Bertz CT molecular complexity index is 442. The van der Waals surface area contributed by atoms with Gasteiger partial charge in [0, 0.05) is 12.5 Å². The van der Waals surface area contributed by atoms with Gasteiger partial charge < -0.3 is 29.1 Å². The maximum Gasteiger partial charge on any atom is 0.234 e. The minimum Gasteiger partial charge on any atom is -1.00 e. The summed E-state index contributed by atoms with van der Waals surface area (Å²) >= 11 is 1.72. The normalized spacial score (nSPS) is 9.88. The molecular formula is C12H14INOS. The van der Waals surface area contributed by atoms with Crippen molar-refractivity contribution in [3.05, 3.63) is 40.7 Å². The Hall–Kier alpha value is -0.460. The van der Waals surface area contributed by atoms with Crippen molar-refractivity contribution in [1.29, 1.82) is 0 Å². The molecule has 2 nitrogen and oxygen atoms in total. The number of rotatable bonds is 3. The van der Waals surface area contributed by atoms with Gasteiger partial charge >= 0.3 is 0 Å². The predicted octanol–water partition coefficient (Wildman–Crippen LogP) is -0.993. The number of thiazole rings is 1. The third-order valence-corrected chi connectivity index (χ3v) is 3.31. The van der Waals surface area contributed by atoms with Crippen LogP contribution in [0.1, 0.15) is 5.01 Å². The third-order valence-electron chi connectivity index (χ3n) is 2.41. The Balaban J connectivity index is 0.00000128. The fraction of sp³-hybridized carbons (Fsp3) is 0.250. The zero-order chi connectivity index (χ0) is 10.7. The van der Waals surface area contributed by atoms with Crippen LogP contribution in [0.5, 0.6) is 0 Å². The summed E-state index contributed by atoms with van der Waals surface area (Å²) in [5.74, 6) is 0.